The molecule has 1 aliphatic rings. The average Bonchev–Trinajstić information content (AvgIpc) is 2.57. The quantitative estimate of drug-likeness (QED) is 0.722. The Morgan fingerprint density at radius 3 is 2.39 bits per heavy atom. The molecule has 0 saturated heterocycles. The smallest absolute Gasteiger partial charge is 0.408 e. The van der Waals surface area contributed by atoms with Gasteiger partial charge in [0.1, 0.15) is 5.60 Å². The predicted molar refractivity (Wildman–Crippen MR) is 64.0 cm³/mol. The summed E-state index contributed by atoms with van der Waals surface area (Å²) >= 11 is 0. The van der Waals surface area contributed by atoms with E-state index in [0.29, 0.717) is 19.3 Å². The van der Waals surface area contributed by atoms with Gasteiger partial charge in [0.25, 0.3) is 0 Å². The van der Waals surface area contributed by atoms with Crippen LogP contribution < -0.4 is 5.32 Å². The average molecular weight is 259 g/mol. The summed E-state index contributed by atoms with van der Waals surface area (Å²) in [4.78, 5) is 23.5. The lowest BCUT2D eigenvalue weighted by Gasteiger charge is -2.31. The van der Waals surface area contributed by atoms with Crippen molar-refractivity contribution in [3.8, 4) is 0 Å². The van der Waals surface area contributed by atoms with Crippen molar-refractivity contribution < 1.29 is 24.2 Å². The molecule has 1 aliphatic carbocycles. The molecular formula is C12H21NO5. The van der Waals surface area contributed by atoms with Crippen LogP contribution in [0.25, 0.3) is 0 Å². The number of amides is 1. The van der Waals surface area contributed by atoms with E-state index in [1.165, 1.54) is 7.11 Å². The second-order valence-corrected chi connectivity index (χ2v) is 5.50. The van der Waals surface area contributed by atoms with Crippen LogP contribution >= 0.6 is 0 Å². The second kappa shape index (κ2) is 5.14. The highest BCUT2D eigenvalue weighted by Crippen LogP contribution is 2.31. The molecule has 1 saturated carbocycles. The molecule has 104 valence electrons. The Morgan fingerprint density at radius 1 is 1.39 bits per heavy atom. The molecule has 18 heavy (non-hydrogen) atoms. The standard InChI is InChI=1S/C12H21NO5/c1-11(2,3)18-10(16)13-12(9(15)17-4)7-5-6-8(12)14/h8,14H,5-7H2,1-4H3,(H,13,16). The van der Waals surface area contributed by atoms with Gasteiger partial charge in [-0.3, -0.25) is 0 Å². The molecular weight excluding hydrogens is 238 g/mol. The van der Waals surface area contributed by atoms with E-state index in [9.17, 15) is 14.7 Å². The number of carbonyl (C=O) groups excluding carboxylic acids is 2. The van der Waals surface area contributed by atoms with Gasteiger partial charge in [-0.05, 0) is 40.0 Å². The summed E-state index contributed by atoms with van der Waals surface area (Å²) in [5, 5.41) is 12.4. The number of carbonyl (C=O) groups is 2. The van der Waals surface area contributed by atoms with E-state index >= 15 is 0 Å². The number of methoxy groups -OCH3 is 1. The highest BCUT2D eigenvalue weighted by molar-refractivity contribution is 5.87. The van der Waals surface area contributed by atoms with Crippen LogP contribution in [-0.2, 0) is 14.3 Å². The zero-order valence-corrected chi connectivity index (χ0v) is 11.3. The lowest BCUT2D eigenvalue weighted by molar-refractivity contribution is -0.152. The van der Waals surface area contributed by atoms with Gasteiger partial charge >= 0.3 is 12.1 Å². The number of esters is 1. The number of hydrogen-bond donors (Lipinski definition) is 2. The number of aliphatic hydroxyl groups is 1. The molecule has 0 aromatic heterocycles. The van der Waals surface area contributed by atoms with Crippen LogP contribution in [0.2, 0.25) is 0 Å². The minimum absolute atomic E-state index is 0.347. The lowest BCUT2D eigenvalue weighted by atomic mass is 9.95. The first-order chi connectivity index (χ1) is 8.21. The molecule has 0 aromatic carbocycles. The molecule has 2 N–H and O–H groups in total. The molecule has 2 atom stereocenters. The molecule has 1 rings (SSSR count). The number of ether oxygens (including phenoxy) is 2. The van der Waals surface area contributed by atoms with E-state index in [1.807, 2.05) is 0 Å². The number of nitrogens with one attached hydrogen (secondary N) is 1. The Labute approximate surface area is 107 Å². The van der Waals surface area contributed by atoms with Crippen LogP contribution in [0.5, 0.6) is 0 Å². The van der Waals surface area contributed by atoms with Gasteiger partial charge in [0.2, 0.25) is 0 Å². The fourth-order valence-corrected chi connectivity index (χ4v) is 2.09. The molecule has 0 aromatic rings. The van der Waals surface area contributed by atoms with Crippen LogP contribution in [0, 0.1) is 0 Å². The molecule has 6 heteroatoms. The summed E-state index contributed by atoms with van der Waals surface area (Å²) in [5.41, 5.74) is -2.04. The molecule has 0 spiro atoms. The summed E-state index contributed by atoms with van der Waals surface area (Å²) < 4.78 is 9.77. The minimum Gasteiger partial charge on any atom is -0.467 e. The highest BCUT2D eigenvalue weighted by Gasteiger charge is 2.51. The molecule has 0 bridgehead atoms. The van der Waals surface area contributed by atoms with Crippen LogP contribution in [0.3, 0.4) is 0 Å². The van der Waals surface area contributed by atoms with Crippen molar-refractivity contribution in [2.45, 2.75) is 57.3 Å². The Bertz CT molecular complexity index is 336. The summed E-state index contributed by atoms with van der Waals surface area (Å²) in [7, 11) is 1.23. The predicted octanol–water partition coefficient (Wildman–Crippen LogP) is 0.968. The van der Waals surface area contributed by atoms with E-state index in [4.69, 9.17) is 4.74 Å². The van der Waals surface area contributed by atoms with Gasteiger partial charge in [0.15, 0.2) is 5.54 Å². The first kappa shape index (κ1) is 14.8. The van der Waals surface area contributed by atoms with Crippen LogP contribution in [0.1, 0.15) is 40.0 Å². The molecule has 6 nitrogen and oxygen atoms in total. The topological polar surface area (TPSA) is 84.9 Å². The van der Waals surface area contributed by atoms with E-state index in [1.54, 1.807) is 20.8 Å². The third-order valence-corrected chi connectivity index (χ3v) is 2.89. The van der Waals surface area contributed by atoms with Crippen molar-refractivity contribution in [3.05, 3.63) is 0 Å². The normalized spacial score (nSPS) is 27.7. The molecule has 0 aliphatic heterocycles. The first-order valence-corrected chi connectivity index (χ1v) is 5.99. The zero-order valence-electron chi connectivity index (χ0n) is 11.3. The summed E-state index contributed by atoms with van der Waals surface area (Å²) in [5.74, 6) is -0.640. The summed E-state index contributed by atoms with van der Waals surface area (Å²) in [6.07, 6.45) is -0.233. The first-order valence-electron chi connectivity index (χ1n) is 5.99. The third kappa shape index (κ3) is 3.13. The SMILES string of the molecule is COC(=O)C1(NC(=O)OC(C)(C)C)CCCC1O. The third-order valence-electron chi connectivity index (χ3n) is 2.89. The molecule has 2 unspecified atom stereocenters. The maximum absolute atomic E-state index is 11.8. The number of aliphatic hydroxyl groups excluding tert-OH is 1. The number of alkyl carbamates (subject to hydrolysis) is 1. The van der Waals surface area contributed by atoms with Gasteiger partial charge < -0.3 is 19.9 Å². The van der Waals surface area contributed by atoms with E-state index in [2.05, 4.69) is 10.1 Å². The van der Waals surface area contributed by atoms with Gasteiger partial charge in [-0.2, -0.15) is 0 Å². The zero-order chi connectivity index (χ0) is 14.0. The van der Waals surface area contributed by atoms with E-state index < -0.39 is 29.3 Å². The Kier molecular flexibility index (Phi) is 4.21. The minimum atomic E-state index is -1.38. The van der Waals surface area contributed by atoms with Gasteiger partial charge in [-0.15, -0.1) is 0 Å². The van der Waals surface area contributed by atoms with Crippen molar-refractivity contribution in [2.24, 2.45) is 0 Å². The lowest BCUT2D eigenvalue weighted by Crippen LogP contribution is -2.60. The molecule has 1 fully saturated rings. The number of hydrogen-bond acceptors (Lipinski definition) is 5. The monoisotopic (exact) mass is 259 g/mol. The van der Waals surface area contributed by atoms with Crippen LogP contribution in [0.4, 0.5) is 4.79 Å². The van der Waals surface area contributed by atoms with Crippen molar-refractivity contribution >= 4 is 12.1 Å². The van der Waals surface area contributed by atoms with Crippen molar-refractivity contribution in [3.63, 3.8) is 0 Å². The summed E-state index contributed by atoms with van der Waals surface area (Å²) in [6.45, 7) is 5.17. The Hall–Kier alpha value is -1.30. The molecule has 0 radical (unpaired) electrons. The summed E-state index contributed by atoms with van der Waals surface area (Å²) in [6, 6.07) is 0. The Morgan fingerprint density at radius 2 is 2.00 bits per heavy atom. The van der Waals surface area contributed by atoms with Crippen molar-refractivity contribution in [1.29, 1.82) is 0 Å². The maximum Gasteiger partial charge on any atom is 0.408 e. The van der Waals surface area contributed by atoms with Gasteiger partial charge in [0.05, 0.1) is 13.2 Å². The largest absolute Gasteiger partial charge is 0.467 e. The fourth-order valence-electron chi connectivity index (χ4n) is 2.09. The van der Waals surface area contributed by atoms with E-state index in [0.717, 1.165) is 0 Å². The molecule has 0 heterocycles. The van der Waals surface area contributed by atoms with Gasteiger partial charge in [-0.1, -0.05) is 0 Å². The van der Waals surface area contributed by atoms with Crippen LogP contribution in [-0.4, -0.2) is 41.5 Å². The highest BCUT2D eigenvalue weighted by atomic mass is 16.6. The fraction of sp³-hybridized carbons (Fsp3) is 0.833. The number of rotatable bonds is 2. The van der Waals surface area contributed by atoms with Crippen LogP contribution in [0.15, 0.2) is 0 Å². The van der Waals surface area contributed by atoms with Gasteiger partial charge in [-0.25, -0.2) is 9.59 Å². The van der Waals surface area contributed by atoms with Crippen molar-refractivity contribution in [2.75, 3.05) is 7.11 Å². The Balaban J connectivity index is 2.81. The maximum atomic E-state index is 11.8. The molecule has 1 amide bonds. The second-order valence-electron chi connectivity index (χ2n) is 5.50. The van der Waals surface area contributed by atoms with Crippen molar-refractivity contribution in [1.82, 2.24) is 5.32 Å². The van der Waals surface area contributed by atoms with E-state index in [-0.39, 0.29) is 0 Å². The van der Waals surface area contributed by atoms with Gasteiger partial charge in [0, 0.05) is 0 Å².